The zero-order valence-electron chi connectivity index (χ0n) is 17.1. The maximum Gasteiger partial charge on any atom is 0.264 e. The largest absolute Gasteiger partial charge is 0.495 e. The van der Waals surface area contributed by atoms with Crippen LogP contribution in [0.15, 0.2) is 77.7 Å². The lowest BCUT2D eigenvalue weighted by Gasteiger charge is -2.25. The maximum atomic E-state index is 13.4. The van der Waals surface area contributed by atoms with Gasteiger partial charge < -0.3 is 10.1 Å². The Bertz CT molecular complexity index is 1140. The molecule has 3 rings (SSSR count). The van der Waals surface area contributed by atoms with Gasteiger partial charge in [-0.2, -0.15) is 0 Å². The van der Waals surface area contributed by atoms with Gasteiger partial charge in [-0.05, 0) is 55.8 Å². The van der Waals surface area contributed by atoms with Crippen molar-refractivity contribution in [1.29, 1.82) is 0 Å². The Morgan fingerprint density at radius 2 is 1.63 bits per heavy atom. The van der Waals surface area contributed by atoms with Crippen molar-refractivity contribution in [2.75, 3.05) is 23.3 Å². The van der Waals surface area contributed by atoms with Crippen LogP contribution in [0, 0.1) is 13.8 Å². The number of carbonyl (C=O) groups is 1. The van der Waals surface area contributed by atoms with E-state index in [1.54, 1.807) is 42.5 Å². The first-order valence-electron chi connectivity index (χ1n) is 9.40. The highest BCUT2D eigenvalue weighted by Gasteiger charge is 2.29. The number of benzene rings is 3. The number of anilines is 2. The Morgan fingerprint density at radius 3 is 2.30 bits per heavy atom. The van der Waals surface area contributed by atoms with Gasteiger partial charge in [0.2, 0.25) is 5.91 Å². The standard InChI is InChI=1S/C23H24N2O4S/c1-17-11-13-20(14-12-17)30(27,28)25(21-9-4-5-10-22(21)29-3)16-23(26)24-19-8-6-7-18(2)15-19/h4-15H,16H2,1-3H3,(H,24,26). The number of ether oxygens (including phenoxy) is 1. The average molecular weight is 425 g/mol. The number of hydrogen-bond acceptors (Lipinski definition) is 4. The minimum atomic E-state index is -4.01. The molecule has 0 aliphatic rings. The summed E-state index contributed by atoms with van der Waals surface area (Å²) < 4.78 is 33.3. The fourth-order valence-electron chi connectivity index (χ4n) is 3.03. The summed E-state index contributed by atoms with van der Waals surface area (Å²) in [5.74, 6) is -0.0984. The molecule has 3 aromatic carbocycles. The lowest BCUT2D eigenvalue weighted by Crippen LogP contribution is -2.38. The number of nitrogens with zero attached hydrogens (tertiary/aromatic N) is 1. The molecule has 1 N–H and O–H groups in total. The normalized spacial score (nSPS) is 11.0. The lowest BCUT2D eigenvalue weighted by molar-refractivity contribution is -0.114. The molecule has 0 fully saturated rings. The Kier molecular flexibility index (Phi) is 6.42. The monoisotopic (exact) mass is 424 g/mol. The van der Waals surface area contributed by atoms with Crippen molar-refractivity contribution in [3.63, 3.8) is 0 Å². The van der Waals surface area contributed by atoms with Crippen LogP contribution in [-0.4, -0.2) is 28.0 Å². The Balaban J connectivity index is 1.99. The van der Waals surface area contributed by atoms with E-state index in [0.29, 0.717) is 17.1 Å². The third-order valence-electron chi connectivity index (χ3n) is 4.55. The minimum absolute atomic E-state index is 0.0994. The van der Waals surface area contributed by atoms with E-state index in [1.165, 1.54) is 19.2 Å². The predicted molar refractivity (Wildman–Crippen MR) is 119 cm³/mol. The van der Waals surface area contributed by atoms with Gasteiger partial charge in [0.25, 0.3) is 10.0 Å². The molecule has 6 nitrogen and oxygen atoms in total. The number of para-hydroxylation sites is 2. The van der Waals surface area contributed by atoms with Crippen molar-refractivity contribution < 1.29 is 17.9 Å². The SMILES string of the molecule is COc1ccccc1N(CC(=O)Nc1cccc(C)c1)S(=O)(=O)c1ccc(C)cc1. The number of nitrogens with one attached hydrogen (secondary N) is 1. The van der Waals surface area contributed by atoms with Crippen LogP contribution in [0.25, 0.3) is 0 Å². The van der Waals surface area contributed by atoms with E-state index in [-0.39, 0.29) is 4.90 Å². The van der Waals surface area contributed by atoms with Crippen LogP contribution in [0.3, 0.4) is 0 Å². The second kappa shape index (κ2) is 9.00. The Labute approximate surface area is 177 Å². The van der Waals surface area contributed by atoms with Crippen LogP contribution in [0.2, 0.25) is 0 Å². The van der Waals surface area contributed by atoms with E-state index in [0.717, 1.165) is 15.4 Å². The first kappa shape index (κ1) is 21.4. The number of amides is 1. The summed E-state index contributed by atoms with van der Waals surface area (Å²) in [6.07, 6.45) is 0. The third-order valence-corrected chi connectivity index (χ3v) is 6.33. The molecule has 1 amide bonds. The highest BCUT2D eigenvalue weighted by molar-refractivity contribution is 7.92. The lowest BCUT2D eigenvalue weighted by atomic mass is 10.2. The zero-order chi connectivity index (χ0) is 21.7. The molecule has 0 bridgehead atoms. The molecular formula is C23H24N2O4S. The Morgan fingerprint density at radius 1 is 0.933 bits per heavy atom. The summed E-state index contributed by atoms with van der Waals surface area (Å²) in [7, 11) is -2.55. The first-order chi connectivity index (χ1) is 14.3. The molecule has 0 atom stereocenters. The summed E-state index contributed by atoms with van der Waals surface area (Å²) in [4.78, 5) is 12.9. The van der Waals surface area contributed by atoms with Crippen LogP contribution in [0.1, 0.15) is 11.1 Å². The molecule has 156 valence electrons. The highest BCUT2D eigenvalue weighted by Crippen LogP contribution is 2.32. The van der Waals surface area contributed by atoms with E-state index in [9.17, 15) is 13.2 Å². The van der Waals surface area contributed by atoms with Crippen LogP contribution in [-0.2, 0) is 14.8 Å². The summed E-state index contributed by atoms with van der Waals surface area (Å²) in [6.45, 7) is 3.40. The molecule has 0 unspecified atom stereocenters. The van der Waals surface area contributed by atoms with Gasteiger partial charge in [0.1, 0.15) is 12.3 Å². The molecule has 3 aromatic rings. The smallest absolute Gasteiger partial charge is 0.264 e. The van der Waals surface area contributed by atoms with Gasteiger partial charge in [0.15, 0.2) is 0 Å². The predicted octanol–water partition coefficient (Wildman–Crippen LogP) is 4.15. The van der Waals surface area contributed by atoms with Crippen molar-refractivity contribution in [3.05, 3.63) is 83.9 Å². The van der Waals surface area contributed by atoms with E-state index in [4.69, 9.17) is 4.74 Å². The van der Waals surface area contributed by atoms with E-state index in [1.807, 2.05) is 32.0 Å². The summed E-state index contributed by atoms with van der Waals surface area (Å²) in [5, 5.41) is 2.77. The molecule has 0 aliphatic carbocycles. The molecular weight excluding hydrogens is 400 g/mol. The first-order valence-corrected chi connectivity index (χ1v) is 10.8. The minimum Gasteiger partial charge on any atom is -0.495 e. The van der Waals surface area contributed by atoms with Crippen LogP contribution in [0.4, 0.5) is 11.4 Å². The molecule has 0 spiro atoms. The van der Waals surface area contributed by atoms with Crippen molar-refractivity contribution >= 4 is 27.3 Å². The van der Waals surface area contributed by atoms with Crippen molar-refractivity contribution in [3.8, 4) is 5.75 Å². The van der Waals surface area contributed by atoms with Crippen LogP contribution >= 0.6 is 0 Å². The zero-order valence-corrected chi connectivity index (χ0v) is 17.9. The van der Waals surface area contributed by atoms with Gasteiger partial charge in [0, 0.05) is 5.69 Å². The van der Waals surface area contributed by atoms with Gasteiger partial charge in [-0.3, -0.25) is 9.10 Å². The molecule has 0 aromatic heterocycles. The summed E-state index contributed by atoms with van der Waals surface area (Å²) >= 11 is 0. The van der Waals surface area contributed by atoms with Gasteiger partial charge in [-0.15, -0.1) is 0 Å². The Hall–Kier alpha value is -3.32. The number of hydrogen-bond donors (Lipinski definition) is 1. The van der Waals surface area contributed by atoms with Crippen LogP contribution < -0.4 is 14.4 Å². The van der Waals surface area contributed by atoms with Crippen molar-refractivity contribution in [1.82, 2.24) is 0 Å². The second-order valence-electron chi connectivity index (χ2n) is 6.91. The number of rotatable bonds is 7. The van der Waals surface area contributed by atoms with Crippen molar-refractivity contribution in [2.45, 2.75) is 18.7 Å². The molecule has 0 saturated heterocycles. The second-order valence-corrected chi connectivity index (χ2v) is 8.78. The number of methoxy groups -OCH3 is 1. The van der Waals surface area contributed by atoms with Crippen molar-refractivity contribution in [2.24, 2.45) is 0 Å². The quantitative estimate of drug-likeness (QED) is 0.618. The fourth-order valence-corrected chi connectivity index (χ4v) is 4.46. The van der Waals surface area contributed by atoms with Crippen LogP contribution in [0.5, 0.6) is 5.75 Å². The highest BCUT2D eigenvalue weighted by atomic mass is 32.2. The van der Waals surface area contributed by atoms with Gasteiger partial charge >= 0.3 is 0 Å². The number of aryl methyl sites for hydroxylation is 2. The summed E-state index contributed by atoms with van der Waals surface area (Å²) in [5.41, 5.74) is 2.82. The van der Waals surface area contributed by atoms with E-state index in [2.05, 4.69) is 5.32 Å². The van der Waals surface area contributed by atoms with E-state index >= 15 is 0 Å². The average Bonchev–Trinajstić information content (AvgIpc) is 2.72. The molecule has 0 saturated carbocycles. The molecule has 30 heavy (non-hydrogen) atoms. The maximum absolute atomic E-state index is 13.4. The molecule has 0 aliphatic heterocycles. The molecule has 0 radical (unpaired) electrons. The molecule has 0 heterocycles. The summed E-state index contributed by atoms with van der Waals surface area (Å²) in [6, 6.07) is 20.5. The fraction of sp³-hybridized carbons (Fsp3) is 0.174. The molecule has 7 heteroatoms. The number of carbonyl (C=O) groups excluding carboxylic acids is 1. The number of sulfonamides is 1. The van der Waals surface area contributed by atoms with Gasteiger partial charge in [-0.1, -0.05) is 42.0 Å². The van der Waals surface area contributed by atoms with Gasteiger partial charge in [0.05, 0.1) is 17.7 Å². The van der Waals surface area contributed by atoms with Gasteiger partial charge in [-0.25, -0.2) is 8.42 Å². The third kappa shape index (κ3) is 4.80. The van der Waals surface area contributed by atoms with E-state index < -0.39 is 22.5 Å². The topological polar surface area (TPSA) is 75.7 Å².